The van der Waals surface area contributed by atoms with E-state index in [0.717, 1.165) is 18.2 Å². The number of hydrogen-bond acceptors (Lipinski definition) is 5. The van der Waals surface area contributed by atoms with Crippen LogP contribution < -0.4 is 5.32 Å². The summed E-state index contributed by atoms with van der Waals surface area (Å²) in [6.45, 7) is 0.591. The van der Waals surface area contributed by atoms with E-state index in [1.165, 1.54) is 30.5 Å². The Labute approximate surface area is 182 Å². The number of ether oxygens (including phenoxy) is 1. The van der Waals surface area contributed by atoms with Crippen LogP contribution >= 0.6 is 12.4 Å². The van der Waals surface area contributed by atoms with E-state index in [0.29, 0.717) is 12.2 Å². The molecule has 0 atom stereocenters. The minimum absolute atomic E-state index is 0. The number of nitrogens with zero attached hydrogens (tertiary/aromatic N) is 2. The summed E-state index contributed by atoms with van der Waals surface area (Å²) < 4.78 is 58.8. The second kappa shape index (κ2) is 9.93. The number of likely N-dealkylation sites (N-methyl/N-ethyl adjacent to an activating group) is 1. The number of para-hydroxylation sites is 1. The van der Waals surface area contributed by atoms with Gasteiger partial charge in [0, 0.05) is 23.8 Å². The van der Waals surface area contributed by atoms with Crippen LogP contribution in [0.25, 0.3) is 10.9 Å². The van der Waals surface area contributed by atoms with Crippen molar-refractivity contribution in [3.05, 3.63) is 65.6 Å². The van der Waals surface area contributed by atoms with Crippen LogP contribution in [0.15, 0.2) is 48.7 Å². The third-order valence-corrected chi connectivity index (χ3v) is 4.32. The van der Waals surface area contributed by atoms with E-state index in [2.05, 4.69) is 10.3 Å². The summed E-state index contributed by atoms with van der Waals surface area (Å²) >= 11 is 0. The molecule has 0 unspecified atom stereocenters. The van der Waals surface area contributed by atoms with Gasteiger partial charge in [0.25, 0.3) is 0 Å². The number of anilines is 2. The Morgan fingerprint density at radius 3 is 2.55 bits per heavy atom. The van der Waals surface area contributed by atoms with Crippen molar-refractivity contribution in [1.29, 1.82) is 0 Å². The highest BCUT2D eigenvalue weighted by atomic mass is 35.5. The zero-order chi connectivity index (χ0) is 21.9. The number of rotatable bonds is 6. The topological polar surface area (TPSA) is 54.5 Å². The standard InChI is InChI=1S/C21H19F4N3O2.ClH/c1-28(2)10-11-30-20(29)15-12-13(22)6-7-17(15)27-18-8-9-26-19-14(18)4-3-5-16(19)21(23,24)25;/h3-9,12H,10-11H2,1-2H3,(H,26,27);1H. The maximum absolute atomic E-state index is 13.8. The van der Waals surface area contributed by atoms with Crippen molar-refractivity contribution < 1.29 is 27.1 Å². The van der Waals surface area contributed by atoms with Gasteiger partial charge in [-0.15, -0.1) is 12.4 Å². The minimum atomic E-state index is -4.57. The number of hydrogen-bond donors (Lipinski definition) is 1. The molecule has 3 rings (SSSR count). The number of carbonyl (C=O) groups excluding carboxylic acids is 1. The van der Waals surface area contributed by atoms with Crippen molar-refractivity contribution in [3.63, 3.8) is 0 Å². The first-order valence-electron chi connectivity index (χ1n) is 9.00. The molecule has 166 valence electrons. The van der Waals surface area contributed by atoms with Crippen LogP contribution in [-0.2, 0) is 10.9 Å². The molecule has 0 amide bonds. The Bertz CT molecular complexity index is 1070. The van der Waals surface area contributed by atoms with E-state index in [-0.39, 0.29) is 41.2 Å². The quantitative estimate of drug-likeness (QED) is 0.403. The van der Waals surface area contributed by atoms with Crippen LogP contribution in [0.1, 0.15) is 15.9 Å². The number of carbonyl (C=O) groups is 1. The van der Waals surface area contributed by atoms with E-state index < -0.39 is 23.5 Å². The van der Waals surface area contributed by atoms with Gasteiger partial charge < -0.3 is 15.0 Å². The fourth-order valence-corrected chi connectivity index (χ4v) is 2.85. The number of alkyl halides is 3. The summed E-state index contributed by atoms with van der Waals surface area (Å²) in [4.78, 5) is 18.1. The maximum Gasteiger partial charge on any atom is 0.418 e. The Morgan fingerprint density at radius 1 is 1.13 bits per heavy atom. The maximum atomic E-state index is 13.8. The summed E-state index contributed by atoms with van der Waals surface area (Å²) in [6, 6.07) is 8.68. The van der Waals surface area contributed by atoms with Crippen molar-refractivity contribution in [2.24, 2.45) is 0 Å². The van der Waals surface area contributed by atoms with Gasteiger partial charge in [-0.25, -0.2) is 9.18 Å². The molecule has 3 aromatic rings. The van der Waals surface area contributed by atoms with E-state index in [1.54, 1.807) is 0 Å². The highest BCUT2D eigenvalue weighted by Gasteiger charge is 2.33. The lowest BCUT2D eigenvalue weighted by atomic mass is 10.1. The molecule has 10 heteroatoms. The molecule has 0 saturated heterocycles. The highest BCUT2D eigenvalue weighted by molar-refractivity contribution is 6.00. The molecule has 2 aromatic carbocycles. The average molecular weight is 458 g/mol. The number of fused-ring (bicyclic) bond motifs is 1. The Kier molecular flexibility index (Phi) is 7.80. The molecule has 1 aromatic heterocycles. The van der Waals surface area contributed by atoms with Crippen molar-refractivity contribution >= 4 is 40.7 Å². The molecule has 0 radical (unpaired) electrons. The SMILES string of the molecule is CN(C)CCOC(=O)c1cc(F)ccc1Nc1ccnc2c(C(F)(F)F)cccc12.Cl. The lowest BCUT2D eigenvalue weighted by Crippen LogP contribution is -2.20. The van der Waals surface area contributed by atoms with Gasteiger partial charge in [-0.2, -0.15) is 13.2 Å². The lowest BCUT2D eigenvalue weighted by molar-refractivity contribution is -0.136. The second-order valence-corrected chi connectivity index (χ2v) is 6.81. The first-order chi connectivity index (χ1) is 14.2. The van der Waals surface area contributed by atoms with Crippen LogP contribution in [0, 0.1) is 5.82 Å². The summed E-state index contributed by atoms with van der Waals surface area (Å²) in [5.41, 5.74) is -0.666. The summed E-state index contributed by atoms with van der Waals surface area (Å²) in [7, 11) is 3.62. The van der Waals surface area contributed by atoms with Crippen LogP contribution in [-0.4, -0.2) is 43.1 Å². The number of halogens is 5. The number of aromatic nitrogens is 1. The smallest absolute Gasteiger partial charge is 0.418 e. The number of pyridine rings is 1. The molecule has 0 spiro atoms. The molecule has 0 aliphatic rings. The first kappa shape index (κ1) is 24.4. The van der Waals surface area contributed by atoms with Gasteiger partial charge in [-0.1, -0.05) is 12.1 Å². The molecule has 0 aliphatic heterocycles. The van der Waals surface area contributed by atoms with Crippen LogP contribution in [0.4, 0.5) is 28.9 Å². The van der Waals surface area contributed by atoms with Gasteiger partial charge in [-0.05, 0) is 44.4 Å². The largest absolute Gasteiger partial charge is 0.461 e. The molecule has 1 heterocycles. The summed E-state index contributed by atoms with van der Waals surface area (Å²) in [6.07, 6.45) is -3.33. The Hall–Kier alpha value is -2.91. The van der Waals surface area contributed by atoms with E-state index in [4.69, 9.17) is 4.74 Å². The van der Waals surface area contributed by atoms with Gasteiger partial charge in [0.2, 0.25) is 0 Å². The molecule has 31 heavy (non-hydrogen) atoms. The van der Waals surface area contributed by atoms with Crippen molar-refractivity contribution in [2.75, 3.05) is 32.6 Å². The van der Waals surface area contributed by atoms with Crippen LogP contribution in [0.3, 0.4) is 0 Å². The minimum Gasteiger partial charge on any atom is -0.461 e. The molecule has 0 bridgehead atoms. The Balaban J connectivity index is 0.00000341. The molecule has 5 nitrogen and oxygen atoms in total. The number of esters is 1. The Morgan fingerprint density at radius 2 is 1.87 bits per heavy atom. The average Bonchev–Trinajstić information content (AvgIpc) is 2.68. The molecule has 0 saturated carbocycles. The van der Waals surface area contributed by atoms with E-state index in [9.17, 15) is 22.4 Å². The zero-order valence-corrected chi connectivity index (χ0v) is 17.5. The van der Waals surface area contributed by atoms with Gasteiger partial charge in [0.1, 0.15) is 12.4 Å². The third-order valence-electron chi connectivity index (χ3n) is 4.32. The molecule has 0 aliphatic carbocycles. The normalized spacial score (nSPS) is 11.3. The van der Waals surface area contributed by atoms with Gasteiger partial charge in [0.15, 0.2) is 0 Å². The number of nitrogens with one attached hydrogen (secondary N) is 1. The summed E-state index contributed by atoms with van der Waals surface area (Å²) in [5.74, 6) is -1.38. The zero-order valence-electron chi connectivity index (χ0n) is 16.7. The first-order valence-corrected chi connectivity index (χ1v) is 9.00. The third kappa shape index (κ3) is 5.83. The fourth-order valence-electron chi connectivity index (χ4n) is 2.85. The van der Waals surface area contributed by atoms with Gasteiger partial charge in [0.05, 0.1) is 22.3 Å². The van der Waals surface area contributed by atoms with Crippen molar-refractivity contribution in [3.8, 4) is 0 Å². The fraction of sp³-hybridized carbons (Fsp3) is 0.238. The second-order valence-electron chi connectivity index (χ2n) is 6.81. The number of benzene rings is 2. The molecule has 1 N–H and O–H groups in total. The van der Waals surface area contributed by atoms with Crippen molar-refractivity contribution in [2.45, 2.75) is 6.18 Å². The van der Waals surface area contributed by atoms with Crippen LogP contribution in [0.5, 0.6) is 0 Å². The van der Waals surface area contributed by atoms with Gasteiger partial charge in [-0.3, -0.25) is 4.98 Å². The van der Waals surface area contributed by atoms with Crippen molar-refractivity contribution in [1.82, 2.24) is 9.88 Å². The predicted octanol–water partition coefficient (Wildman–Crippen LogP) is 5.28. The van der Waals surface area contributed by atoms with Crippen LogP contribution in [0.2, 0.25) is 0 Å². The predicted molar refractivity (Wildman–Crippen MR) is 113 cm³/mol. The molecule has 0 fully saturated rings. The summed E-state index contributed by atoms with van der Waals surface area (Å²) in [5, 5.41) is 3.13. The molecular formula is C21H20ClF4N3O2. The van der Waals surface area contributed by atoms with E-state index in [1.807, 2.05) is 19.0 Å². The lowest BCUT2D eigenvalue weighted by Gasteiger charge is -2.16. The molecular weight excluding hydrogens is 438 g/mol. The van der Waals surface area contributed by atoms with E-state index >= 15 is 0 Å². The van der Waals surface area contributed by atoms with Gasteiger partial charge >= 0.3 is 12.1 Å². The highest BCUT2D eigenvalue weighted by Crippen LogP contribution is 2.36. The monoisotopic (exact) mass is 457 g/mol.